The largest absolute Gasteiger partial charge is 0.481 e. The lowest BCUT2D eigenvalue weighted by atomic mass is 10.2. The highest BCUT2D eigenvalue weighted by molar-refractivity contribution is 5.66. The highest BCUT2D eigenvalue weighted by Gasteiger charge is 2.05. The summed E-state index contributed by atoms with van der Waals surface area (Å²) in [5.41, 5.74) is 0.900. The Hall–Kier alpha value is -2.24. The molecule has 1 N–H and O–H groups in total. The van der Waals surface area contributed by atoms with Crippen molar-refractivity contribution in [2.24, 2.45) is 0 Å². The highest BCUT2D eigenvalue weighted by atomic mass is 16.4. The molecule has 2 rings (SSSR count). The number of carboxylic acids is 1. The average Bonchev–Trinajstić information content (AvgIpc) is 2.78. The van der Waals surface area contributed by atoms with Gasteiger partial charge < -0.3 is 5.11 Å². The minimum atomic E-state index is -0.812. The second-order valence-electron chi connectivity index (χ2n) is 3.57. The molecule has 2 aromatic rings. The Morgan fingerprint density at radius 2 is 2.06 bits per heavy atom. The quantitative estimate of drug-likeness (QED) is 0.837. The monoisotopic (exact) mass is 232 g/mol. The van der Waals surface area contributed by atoms with Gasteiger partial charge in [0.25, 0.3) is 0 Å². The van der Waals surface area contributed by atoms with E-state index in [1.165, 1.54) is 4.80 Å². The molecule has 0 fully saturated rings. The smallest absolute Gasteiger partial charge is 0.303 e. The average molecular weight is 232 g/mol. The fraction of sp³-hybridized carbons (Fsp3) is 0.273. The lowest BCUT2D eigenvalue weighted by Crippen LogP contribution is -2.05. The molecule has 1 aromatic carbocycles. The molecule has 0 aliphatic heterocycles. The van der Waals surface area contributed by atoms with Crippen molar-refractivity contribution in [2.75, 3.05) is 0 Å². The zero-order valence-corrected chi connectivity index (χ0v) is 9.15. The maximum absolute atomic E-state index is 10.4. The molecule has 0 spiro atoms. The number of hydrogen-bond donors (Lipinski definition) is 1. The number of tetrazole rings is 1. The Morgan fingerprint density at radius 3 is 2.76 bits per heavy atom. The number of aryl methyl sites for hydroxylation is 1. The van der Waals surface area contributed by atoms with Crippen molar-refractivity contribution in [3.05, 3.63) is 30.3 Å². The predicted molar refractivity (Wildman–Crippen MR) is 60.1 cm³/mol. The van der Waals surface area contributed by atoms with Gasteiger partial charge in [-0.05, 0) is 11.6 Å². The van der Waals surface area contributed by atoms with Gasteiger partial charge in [0, 0.05) is 12.0 Å². The number of carboxylic acid groups (broad SMARTS) is 1. The standard InChI is InChI=1S/C11H12N4O2/c16-10(17)7-4-8-15-13-11(12-14-15)9-5-2-1-3-6-9/h1-3,5-6H,4,7-8H2,(H,16,17). The first-order valence-corrected chi connectivity index (χ1v) is 5.31. The van der Waals surface area contributed by atoms with Crippen molar-refractivity contribution in [3.8, 4) is 11.4 Å². The summed E-state index contributed by atoms with van der Waals surface area (Å²) in [5.74, 6) is -0.255. The van der Waals surface area contributed by atoms with Gasteiger partial charge >= 0.3 is 5.97 Å². The fourth-order valence-electron chi connectivity index (χ4n) is 1.41. The van der Waals surface area contributed by atoms with Crippen molar-refractivity contribution in [3.63, 3.8) is 0 Å². The summed E-state index contributed by atoms with van der Waals surface area (Å²) in [7, 11) is 0. The van der Waals surface area contributed by atoms with E-state index in [-0.39, 0.29) is 6.42 Å². The maximum Gasteiger partial charge on any atom is 0.303 e. The van der Waals surface area contributed by atoms with E-state index in [2.05, 4.69) is 15.4 Å². The third-order valence-electron chi connectivity index (χ3n) is 2.23. The SMILES string of the molecule is O=C(O)CCCn1nnc(-c2ccccc2)n1. The molecule has 1 aromatic heterocycles. The van der Waals surface area contributed by atoms with Crippen molar-refractivity contribution >= 4 is 5.97 Å². The topological polar surface area (TPSA) is 80.9 Å². The summed E-state index contributed by atoms with van der Waals surface area (Å²) in [6.45, 7) is 0.464. The molecule has 6 heteroatoms. The van der Waals surface area contributed by atoms with Crippen LogP contribution in [0.5, 0.6) is 0 Å². The summed E-state index contributed by atoms with van der Waals surface area (Å²) in [4.78, 5) is 11.8. The van der Waals surface area contributed by atoms with E-state index in [0.29, 0.717) is 18.8 Å². The van der Waals surface area contributed by atoms with Gasteiger partial charge in [0.1, 0.15) is 0 Å². The van der Waals surface area contributed by atoms with Crippen LogP contribution in [0, 0.1) is 0 Å². The Bertz CT molecular complexity index is 495. The van der Waals surface area contributed by atoms with Crippen molar-refractivity contribution in [1.29, 1.82) is 0 Å². The molecule has 0 saturated heterocycles. The van der Waals surface area contributed by atoms with Crippen LogP contribution in [0.4, 0.5) is 0 Å². The zero-order valence-electron chi connectivity index (χ0n) is 9.15. The van der Waals surface area contributed by atoms with Crippen LogP contribution in [0.2, 0.25) is 0 Å². The van der Waals surface area contributed by atoms with Crippen molar-refractivity contribution in [2.45, 2.75) is 19.4 Å². The molecule has 1 heterocycles. The molecular weight excluding hydrogens is 220 g/mol. The van der Waals surface area contributed by atoms with Crippen LogP contribution in [0.1, 0.15) is 12.8 Å². The van der Waals surface area contributed by atoms with Crippen molar-refractivity contribution in [1.82, 2.24) is 20.2 Å². The lowest BCUT2D eigenvalue weighted by Gasteiger charge is -1.95. The van der Waals surface area contributed by atoms with Crippen LogP contribution >= 0.6 is 0 Å². The fourth-order valence-corrected chi connectivity index (χ4v) is 1.41. The van der Waals surface area contributed by atoms with Gasteiger partial charge in [-0.1, -0.05) is 30.3 Å². The van der Waals surface area contributed by atoms with Gasteiger partial charge in [-0.2, -0.15) is 4.80 Å². The number of aliphatic carboxylic acids is 1. The second-order valence-corrected chi connectivity index (χ2v) is 3.57. The maximum atomic E-state index is 10.4. The van der Waals surface area contributed by atoms with Crippen molar-refractivity contribution < 1.29 is 9.90 Å². The summed E-state index contributed by atoms with van der Waals surface area (Å²) in [6.07, 6.45) is 0.613. The molecule has 17 heavy (non-hydrogen) atoms. The number of nitrogens with zero attached hydrogens (tertiary/aromatic N) is 4. The molecule has 88 valence electrons. The molecule has 0 radical (unpaired) electrons. The van der Waals surface area contributed by atoms with E-state index in [1.807, 2.05) is 30.3 Å². The van der Waals surface area contributed by atoms with Crippen LogP contribution in [0.15, 0.2) is 30.3 Å². The normalized spacial score (nSPS) is 10.4. The van der Waals surface area contributed by atoms with E-state index in [9.17, 15) is 4.79 Å². The van der Waals surface area contributed by atoms with Crippen LogP contribution in [-0.4, -0.2) is 31.3 Å². The van der Waals surface area contributed by atoms with E-state index in [1.54, 1.807) is 0 Å². The first-order valence-electron chi connectivity index (χ1n) is 5.31. The molecular formula is C11H12N4O2. The molecule has 0 aliphatic rings. The van der Waals surface area contributed by atoms with Gasteiger partial charge in [0.05, 0.1) is 6.54 Å². The first-order chi connectivity index (χ1) is 8.25. The number of carbonyl (C=O) groups is 1. The number of benzene rings is 1. The minimum Gasteiger partial charge on any atom is -0.481 e. The number of aromatic nitrogens is 4. The van der Waals surface area contributed by atoms with E-state index < -0.39 is 5.97 Å². The van der Waals surface area contributed by atoms with Gasteiger partial charge in [-0.15, -0.1) is 10.2 Å². The molecule has 0 aliphatic carbocycles. The number of hydrogen-bond acceptors (Lipinski definition) is 4. The van der Waals surface area contributed by atoms with E-state index >= 15 is 0 Å². The second kappa shape index (κ2) is 5.20. The molecule has 6 nitrogen and oxygen atoms in total. The first kappa shape index (κ1) is 11.3. The Kier molecular flexibility index (Phi) is 3.44. The molecule has 0 unspecified atom stereocenters. The Balaban J connectivity index is 1.99. The summed E-state index contributed by atoms with van der Waals surface area (Å²) in [5, 5.41) is 20.5. The van der Waals surface area contributed by atoms with Gasteiger partial charge in [-0.3, -0.25) is 4.79 Å². The van der Waals surface area contributed by atoms with Crippen LogP contribution in [-0.2, 0) is 11.3 Å². The number of rotatable bonds is 5. The Morgan fingerprint density at radius 1 is 1.29 bits per heavy atom. The summed E-state index contributed by atoms with van der Waals surface area (Å²) >= 11 is 0. The van der Waals surface area contributed by atoms with Crippen LogP contribution < -0.4 is 0 Å². The van der Waals surface area contributed by atoms with E-state index in [0.717, 1.165) is 5.56 Å². The molecule has 0 amide bonds. The predicted octanol–water partition coefficient (Wildman–Crippen LogP) is 1.20. The summed E-state index contributed by atoms with van der Waals surface area (Å²) in [6, 6.07) is 9.53. The van der Waals surface area contributed by atoms with E-state index in [4.69, 9.17) is 5.11 Å². The zero-order chi connectivity index (χ0) is 12.1. The summed E-state index contributed by atoms with van der Waals surface area (Å²) < 4.78 is 0. The minimum absolute atomic E-state index is 0.113. The third-order valence-corrected chi connectivity index (χ3v) is 2.23. The Labute approximate surface area is 97.9 Å². The molecule has 0 saturated carbocycles. The van der Waals surface area contributed by atoms with Crippen LogP contribution in [0.25, 0.3) is 11.4 Å². The highest BCUT2D eigenvalue weighted by Crippen LogP contribution is 2.11. The lowest BCUT2D eigenvalue weighted by molar-refractivity contribution is -0.137. The van der Waals surface area contributed by atoms with Gasteiger partial charge in [-0.25, -0.2) is 0 Å². The molecule has 0 atom stereocenters. The third kappa shape index (κ3) is 3.10. The van der Waals surface area contributed by atoms with Gasteiger partial charge in [0.15, 0.2) is 0 Å². The van der Waals surface area contributed by atoms with Crippen LogP contribution in [0.3, 0.4) is 0 Å². The molecule has 0 bridgehead atoms. The van der Waals surface area contributed by atoms with Gasteiger partial charge in [0.2, 0.25) is 5.82 Å².